The molecule has 2 aromatic carbocycles. The molecule has 9 heteroatoms. The van der Waals surface area contributed by atoms with Crippen LogP contribution in [0.1, 0.15) is 42.1 Å². The van der Waals surface area contributed by atoms with Crippen molar-refractivity contribution in [2.24, 2.45) is 16.6 Å². The van der Waals surface area contributed by atoms with Crippen LogP contribution in [-0.2, 0) is 14.3 Å². The number of likely N-dealkylation sites (tertiary alicyclic amines) is 1. The summed E-state index contributed by atoms with van der Waals surface area (Å²) in [5.41, 5.74) is 7.79. The summed E-state index contributed by atoms with van der Waals surface area (Å²) in [6, 6.07) is 15.8. The molecule has 0 spiro atoms. The SMILES string of the molecule is CCOC(=O)CC1CCN(CC2CN(c3ccc(C(N)=NC(=O)c4ccccc4)cc3)C(=O)O2)CC1. The number of amides is 2. The highest BCUT2D eigenvalue weighted by atomic mass is 16.6. The van der Waals surface area contributed by atoms with Crippen LogP contribution in [0.4, 0.5) is 10.5 Å². The highest BCUT2D eigenvalue weighted by Crippen LogP contribution is 2.25. The van der Waals surface area contributed by atoms with Gasteiger partial charge in [-0.05, 0) is 75.2 Å². The van der Waals surface area contributed by atoms with Crippen molar-refractivity contribution in [1.29, 1.82) is 0 Å². The third-order valence-corrected chi connectivity index (χ3v) is 6.52. The van der Waals surface area contributed by atoms with E-state index in [1.807, 2.05) is 13.0 Å². The largest absolute Gasteiger partial charge is 0.466 e. The Morgan fingerprint density at radius 1 is 1.06 bits per heavy atom. The van der Waals surface area contributed by atoms with Crippen molar-refractivity contribution >= 4 is 29.5 Å². The third-order valence-electron chi connectivity index (χ3n) is 6.52. The van der Waals surface area contributed by atoms with Gasteiger partial charge in [-0.2, -0.15) is 4.99 Å². The van der Waals surface area contributed by atoms with E-state index in [9.17, 15) is 14.4 Å². The average molecular weight is 493 g/mol. The van der Waals surface area contributed by atoms with E-state index in [2.05, 4.69) is 9.89 Å². The topological polar surface area (TPSA) is 115 Å². The van der Waals surface area contributed by atoms with Crippen molar-refractivity contribution in [2.75, 3.05) is 37.7 Å². The van der Waals surface area contributed by atoms with E-state index in [-0.39, 0.29) is 24.0 Å². The fourth-order valence-corrected chi connectivity index (χ4v) is 4.58. The maximum Gasteiger partial charge on any atom is 0.414 e. The Hall–Kier alpha value is -3.72. The number of aliphatic imine (C=N–C) groups is 1. The second kappa shape index (κ2) is 11.8. The minimum Gasteiger partial charge on any atom is -0.466 e. The van der Waals surface area contributed by atoms with E-state index < -0.39 is 5.91 Å². The molecule has 2 saturated heterocycles. The zero-order valence-electron chi connectivity index (χ0n) is 20.5. The van der Waals surface area contributed by atoms with E-state index in [0.29, 0.717) is 48.8 Å². The van der Waals surface area contributed by atoms with Gasteiger partial charge >= 0.3 is 12.1 Å². The fourth-order valence-electron chi connectivity index (χ4n) is 4.58. The van der Waals surface area contributed by atoms with E-state index in [1.54, 1.807) is 53.4 Å². The molecule has 0 aromatic heterocycles. The summed E-state index contributed by atoms with van der Waals surface area (Å²) in [4.78, 5) is 44.4. The van der Waals surface area contributed by atoms with Gasteiger partial charge in [0.15, 0.2) is 0 Å². The Morgan fingerprint density at radius 3 is 2.42 bits per heavy atom. The molecule has 4 rings (SSSR count). The Kier molecular flexibility index (Phi) is 8.32. The first-order valence-electron chi connectivity index (χ1n) is 12.3. The number of rotatable bonds is 8. The van der Waals surface area contributed by atoms with Crippen molar-refractivity contribution in [1.82, 2.24) is 4.90 Å². The number of nitrogens with zero attached hydrogens (tertiary/aromatic N) is 3. The number of anilines is 1. The van der Waals surface area contributed by atoms with Gasteiger partial charge in [-0.1, -0.05) is 18.2 Å². The van der Waals surface area contributed by atoms with Gasteiger partial charge in [0.05, 0.1) is 13.2 Å². The summed E-state index contributed by atoms with van der Waals surface area (Å²) < 4.78 is 10.7. The van der Waals surface area contributed by atoms with E-state index in [4.69, 9.17) is 15.2 Å². The van der Waals surface area contributed by atoms with Crippen LogP contribution in [0.25, 0.3) is 0 Å². The van der Waals surface area contributed by atoms with Gasteiger partial charge in [-0.15, -0.1) is 0 Å². The molecule has 2 aliphatic heterocycles. The standard InChI is InChI=1S/C27H32N4O5/c1-2-35-24(32)16-19-12-14-30(15-13-19)17-23-18-31(27(34)36-23)22-10-8-20(9-11-22)25(28)29-26(33)21-6-4-3-5-7-21/h3-11,19,23H,2,12-18H2,1H3,(H2,28,29,33). The number of esters is 1. The number of carbonyl (C=O) groups is 3. The molecular formula is C27H32N4O5. The lowest BCUT2D eigenvalue weighted by atomic mass is 9.93. The number of carbonyl (C=O) groups excluding carboxylic acids is 3. The lowest BCUT2D eigenvalue weighted by Gasteiger charge is -2.32. The van der Waals surface area contributed by atoms with Crippen LogP contribution < -0.4 is 10.6 Å². The summed E-state index contributed by atoms with van der Waals surface area (Å²) in [6.07, 6.45) is 1.72. The van der Waals surface area contributed by atoms with Crippen molar-refractivity contribution in [2.45, 2.75) is 32.3 Å². The van der Waals surface area contributed by atoms with Crippen molar-refractivity contribution < 1.29 is 23.9 Å². The maximum absolute atomic E-state index is 12.5. The Labute approximate surface area is 210 Å². The first-order chi connectivity index (χ1) is 17.4. The van der Waals surface area contributed by atoms with Crippen molar-refractivity contribution in [3.05, 3.63) is 65.7 Å². The quantitative estimate of drug-likeness (QED) is 0.342. The summed E-state index contributed by atoms with van der Waals surface area (Å²) in [5, 5.41) is 0. The molecule has 2 heterocycles. The minimum atomic E-state index is -0.409. The monoisotopic (exact) mass is 492 g/mol. The molecule has 1 unspecified atom stereocenters. The van der Waals surface area contributed by atoms with Crippen molar-refractivity contribution in [3.63, 3.8) is 0 Å². The smallest absolute Gasteiger partial charge is 0.414 e. The van der Waals surface area contributed by atoms with Gasteiger partial charge in [0.25, 0.3) is 5.91 Å². The fraction of sp³-hybridized carbons (Fsp3) is 0.407. The Morgan fingerprint density at radius 2 is 1.75 bits per heavy atom. The van der Waals surface area contributed by atoms with Gasteiger partial charge in [0, 0.05) is 29.8 Å². The van der Waals surface area contributed by atoms with Gasteiger partial charge in [-0.25, -0.2) is 4.79 Å². The van der Waals surface area contributed by atoms with Crippen LogP contribution in [0.3, 0.4) is 0 Å². The molecule has 2 amide bonds. The molecular weight excluding hydrogens is 460 g/mol. The molecule has 2 N–H and O–H groups in total. The number of piperidine rings is 1. The van der Waals surface area contributed by atoms with E-state index in [0.717, 1.165) is 25.9 Å². The highest BCUT2D eigenvalue weighted by Gasteiger charge is 2.34. The predicted molar refractivity (Wildman–Crippen MR) is 136 cm³/mol. The molecule has 0 radical (unpaired) electrons. The Balaban J connectivity index is 1.29. The van der Waals surface area contributed by atoms with Gasteiger partial charge in [-0.3, -0.25) is 19.4 Å². The summed E-state index contributed by atoms with van der Waals surface area (Å²) in [5.74, 6) is -0.0738. The van der Waals surface area contributed by atoms with Gasteiger partial charge in [0.1, 0.15) is 11.9 Å². The van der Waals surface area contributed by atoms with Crippen LogP contribution in [0.15, 0.2) is 59.6 Å². The highest BCUT2D eigenvalue weighted by molar-refractivity contribution is 6.08. The Bertz CT molecular complexity index is 1090. The number of hydrogen-bond donors (Lipinski definition) is 1. The van der Waals surface area contributed by atoms with Crippen LogP contribution in [0.2, 0.25) is 0 Å². The number of hydrogen-bond acceptors (Lipinski definition) is 6. The molecule has 190 valence electrons. The minimum absolute atomic E-state index is 0.114. The lowest BCUT2D eigenvalue weighted by molar-refractivity contribution is -0.144. The van der Waals surface area contributed by atoms with E-state index >= 15 is 0 Å². The molecule has 36 heavy (non-hydrogen) atoms. The number of ether oxygens (including phenoxy) is 2. The zero-order chi connectivity index (χ0) is 25.5. The van der Waals surface area contributed by atoms with Crippen LogP contribution in [0.5, 0.6) is 0 Å². The second-order valence-electron chi connectivity index (χ2n) is 9.08. The van der Waals surface area contributed by atoms with E-state index in [1.165, 1.54) is 0 Å². The zero-order valence-corrected chi connectivity index (χ0v) is 20.5. The molecule has 0 aliphatic carbocycles. The molecule has 2 fully saturated rings. The summed E-state index contributed by atoms with van der Waals surface area (Å²) in [6.45, 7) is 5.09. The van der Waals surface area contributed by atoms with Gasteiger partial charge < -0.3 is 15.2 Å². The molecule has 1 atom stereocenters. The second-order valence-corrected chi connectivity index (χ2v) is 9.08. The maximum atomic E-state index is 12.5. The first kappa shape index (κ1) is 25.4. The molecule has 0 saturated carbocycles. The first-order valence-corrected chi connectivity index (χ1v) is 12.3. The summed E-state index contributed by atoms with van der Waals surface area (Å²) in [7, 11) is 0. The number of amidine groups is 1. The normalized spacial score (nSPS) is 19.2. The van der Waals surface area contributed by atoms with Crippen LogP contribution in [0, 0.1) is 5.92 Å². The molecule has 0 bridgehead atoms. The predicted octanol–water partition coefficient (Wildman–Crippen LogP) is 3.22. The summed E-state index contributed by atoms with van der Waals surface area (Å²) >= 11 is 0. The third kappa shape index (κ3) is 6.48. The van der Waals surface area contributed by atoms with Crippen LogP contribution in [-0.4, -0.2) is 67.6 Å². The van der Waals surface area contributed by atoms with Crippen LogP contribution >= 0.6 is 0 Å². The average Bonchev–Trinajstić information content (AvgIpc) is 3.25. The number of benzene rings is 2. The molecule has 2 aromatic rings. The molecule has 2 aliphatic rings. The number of nitrogens with two attached hydrogens (primary N) is 1. The number of cyclic esters (lactones) is 1. The molecule has 9 nitrogen and oxygen atoms in total. The van der Waals surface area contributed by atoms with Crippen molar-refractivity contribution in [3.8, 4) is 0 Å². The van der Waals surface area contributed by atoms with Gasteiger partial charge in [0.2, 0.25) is 0 Å². The lowest BCUT2D eigenvalue weighted by Crippen LogP contribution is -2.40.